The first-order valence-electron chi connectivity index (χ1n) is 14.9. The van der Waals surface area contributed by atoms with Crippen molar-refractivity contribution in [3.05, 3.63) is 88.7 Å². The van der Waals surface area contributed by atoms with E-state index in [9.17, 15) is 22.4 Å². The van der Waals surface area contributed by atoms with Crippen LogP contribution >= 0.6 is 0 Å². The van der Waals surface area contributed by atoms with E-state index in [0.29, 0.717) is 46.5 Å². The van der Waals surface area contributed by atoms with Crippen LogP contribution < -0.4 is 9.62 Å². The van der Waals surface area contributed by atoms with Crippen LogP contribution in [-0.4, -0.2) is 45.2 Å². The molecule has 2 N–H and O–H groups in total. The van der Waals surface area contributed by atoms with Crippen molar-refractivity contribution in [2.75, 3.05) is 24.2 Å². The van der Waals surface area contributed by atoms with Crippen molar-refractivity contribution in [1.29, 1.82) is 0 Å². The number of sulfonamides is 1. The normalized spacial score (nSPS) is 13.2. The highest BCUT2D eigenvalue weighted by atomic mass is 32.2. The molecule has 10 heteroatoms. The maximum atomic E-state index is 13.6. The Balaban J connectivity index is 1.33. The molecule has 0 aliphatic heterocycles. The van der Waals surface area contributed by atoms with Gasteiger partial charge in [0.15, 0.2) is 0 Å². The molecule has 1 heterocycles. The van der Waals surface area contributed by atoms with E-state index in [1.165, 1.54) is 29.7 Å². The number of anilines is 1. The van der Waals surface area contributed by atoms with Gasteiger partial charge in [0.1, 0.15) is 17.2 Å². The Labute approximate surface area is 256 Å². The maximum absolute atomic E-state index is 13.6. The highest BCUT2D eigenvalue weighted by Gasteiger charge is 2.33. The second-order valence-corrected chi connectivity index (χ2v) is 13.3. The van der Waals surface area contributed by atoms with Gasteiger partial charge in [0.2, 0.25) is 10.0 Å². The molecule has 1 fully saturated rings. The Hall–Kier alpha value is -4.18. The number of aromatic carboxylic acids is 1. The summed E-state index contributed by atoms with van der Waals surface area (Å²) in [4.78, 5) is 24.0. The minimum atomic E-state index is -3.61. The number of furan rings is 1. The zero-order valence-electron chi connectivity index (χ0n) is 24.9. The number of fused-ring (bicyclic) bond motifs is 1. The summed E-state index contributed by atoms with van der Waals surface area (Å²) in [5, 5.41) is 12.3. The molecule has 1 amide bonds. The number of amides is 1. The summed E-state index contributed by atoms with van der Waals surface area (Å²) < 4.78 is 47.5. The molecule has 0 atom stereocenters. The third kappa shape index (κ3) is 7.13. The van der Waals surface area contributed by atoms with Gasteiger partial charge in [0, 0.05) is 30.6 Å². The van der Waals surface area contributed by atoms with Crippen molar-refractivity contribution < 1.29 is 31.9 Å². The van der Waals surface area contributed by atoms with Gasteiger partial charge in [-0.05, 0) is 91.6 Å². The lowest BCUT2D eigenvalue weighted by Gasteiger charge is -2.25. The number of benzene rings is 3. The highest BCUT2D eigenvalue weighted by Crippen LogP contribution is 2.48. The first-order valence-corrected chi connectivity index (χ1v) is 16.8. The summed E-state index contributed by atoms with van der Waals surface area (Å²) in [7, 11) is -2.07. The highest BCUT2D eigenvalue weighted by molar-refractivity contribution is 7.92. The van der Waals surface area contributed by atoms with Gasteiger partial charge in [-0.1, -0.05) is 31.4 Å². The number of halogens is 1. The number of rotatable bonds is 14. The van der Waals surface area contributed by atoms with Crippen LogP contribution in [0.25, 0.3) is 22.3 Å². The molecule has 0 bridgehead atoms. The summed E-state index contributed by atoms with van der Waals surface area (Å²) in [5.74, 6) is -1.17. The zero-order chi connectivity index (χ0) is 31.4. The SMILES string of the molecule is CNC(=O)c1c(-c2ccc(F)cc2)oc2cc(N(CCCCCCCc3ccc(C(=O)O)cc3)S(C)(=O)=O)c(C3CC3)cc12. The Morgan fingerprint density at radius 2 is 1.64 bits per heavy atom. The molecule has 0 spiro atoms. The van der Waals surface area contributed by atoms with Crippen LogP contribution in [0.15, 0.2) is 65.1 Å². The van der Waals surface area contributed by atoms with E-state index >= 15 is 0 Å². The van der Waals surface area contributed by atoms with Crippen LogP contribution in [-0.2, 0) is 16.4 Å². The lowest BCUT2D eigenvalue weighted by atomic mass is 10.00. The van der Waals surface area contributed by atoms with Gasteiger partial charge in [-0.3, -0.25) is 9.10 Å². The Morgan fingerprint density at radius 3 is 2.25 bits per heavy atom. The molecular weight excluding hydrogens is 583 g/mol. The molecule has 1 aliphatic carbocycles. The molecule has 1 saturated carbocycles. The van der Waals surface area contributed by atoms with E-state index in [1.54, 1.807) is 30.3 Å². The van der Waals surface area contributed by atoms with Gasteiger partial charge in [0.25, 0.3) is 5.91 Å². The van der Waals surface area contributed by atoms with Crippen LogP contribution in [0.4, 0.5) is 10.1 Å². The largest absolute Gasteiger partial charge is 0.478 e. The molecule has 44 heavy (non-hydrogen) atoms. The number of hydrogen-bond acceptors (Lipinski definition) is 5. The summed E-state index contributed by atoms with van der Waals surface area (Å²) in [6, 6.07) is 16.3. The summed E-state index contributed by atoms with van der Waals surface area (Å²) in [6.07, 6.45) is 8.40. The van der Waals surface area contributed by atoms with Crippen molar-refractivity contribution in [2.24, 2.45) is 0 Å². The smallest absolute Gasteiger partial charge is 0.335 e. The summed E-state index contributed by atoms with van der Waals surface area (Å²) in [6.45, 7) is 0.328. The molecule has 8 nitrogen and oxygen atoms in total. The van der Waals surface area contributed by atoms with E-state index in [0.717, 1.165) is 56.1 Å². The van der Waals surface area contributed by atoms with Gasteiger partial charge in [0.05, 0.1) is 23.1 Å². The molecule has 0 saturated heterocycles. The first kappa shape index (κ1) is 31.3. The van der Waals surface area contributed by atoms with Crippen molar-refractivity contribution in [3.8, 4) is 11.3 Å². The van der Waals surface area contributed by atoms with Crippen molar-refractivity contribution in [1.82, 2.24) is 5.32 Å². The fourth-order valence-electron chi connectivity index (χ4n) is 5.63. The molecule has 0 radical (unpaired) electrons. The minimum Gasteiger partial charge on any atom is -0.478 e. The number of unbranched alkanes of at least 4 members (excludes halogenated alkanes) is 4. The fraction of sp³-hybridized carbons (Fsp3) is 0.353. The molecule has 0 unspecified atom stereocenters. The second kappa shape index (κ2) is 13.2. The number of carbonyl (C=O) groups is 2. The minimum absolute atomic E-state index is 0.199. The fourth-order valence-corrected chi connectivity index (χ4v) is 6.61. The Morgan fingerprint density at radius 1 is 0.977 bits per heavy atom. The topological polar surface area (TPSA) is 117 Å². The first-order chi connectivity index (χ1) is 21.1. The number of aryl methyl sites for hydroxylation is 1. The van der Waals surface area contributed by atoms with Gasteiger partial charge in [-0.25, -0.2) is 17.6 Å². The van der Waals surface area contributed by atoms with Gasteiger partial charge >= 0.3 is 5.97 Å². The van der Waals surface area contributed by atoms with E-state index in [1.807, 2.05) is 18.2 Å². The molecule has 5 rings (SSSR count). The van der Waals surface area contributed by atoms with E-state index in [2.05, 4.69) is 5.32 Å². The van der Waals surface area contributed by atoms with Crippen LogP contribution in [0, 0.1) is 5.82 Å². The molecule has 1 aliphatic rings. The van der Waals surface area contributed by atoms with Crippen molar-refractivity contribution in [3.63, 3.8) is 0 Å². The predicted molar refractivity (Wildman–Crippen MR) is 169 cm³/mol. The standard InChI is InChI=1S/C34H37FN2O6S/c1-36-33(38)31-28-20-27(23-13-14-23)29(21-30(28)43-32(31)24-15-17-26(35)18-16-24)37(44(2,41)42)19-7-5-3-4-6-8-22-9-11-25(12-10-22)34(39)40/h9-12,15-18,20-21,23H,3-8,13-14,19H2,1-2H3,(H,36,38)(H,39,40). The van der Waals surface area contributed by atoms with Crippen LogP contribution in [0.2, 0.25) is 0 Å². The average molecular weight is 621 g/mol. The number of carboxylic acids is 1. The number of carbonyl (C=O) groups excluding carboxylic acids is 1. The molecule has 232 valence electrons. The number of nitrogens with one attached hydrogen (secondary N) is 1. The van der Waals surface area contributed by atoms with Crippen LogP contribution in [0.5, 0.6) is 0 Å². The lowest BCUT2D eigenvalue weighted by Crippen LogP contribution is -2.31. The quantitative estimate of drug-likeness (QED) is 0.145. The summed E-state index contributed by atoms with van der Waals surface area (Å²) >= 11 is 0. The monoisotopic (exact) mass is 620 g/mol. The Bertz CT molecular complexity index is 1760. The van der Waals surface area contributed by atoms with Gasteiger partial charge in [-0.15, -0.1) is 0 Å². The number of nitrogens with zero attached hydrogens (tertiary/aromatic N) is 1. The third-order valence-corrected chi connectivity index (χ3v) is 9.29. The molecular formula is C34H37FN2O6S. The maximum Gasteiger partial charge on any atom is 0.335 e. The van der Waals surface area contributed by atoms with E-state index in [4.69, 9.17) is 9.52 Å². The Kier molecular flexibility index (Phi) is 9.39. The van der Waals surface area contributed by atoms with Crippen molar-refractivity contribution >= 4 is 38.6 Å². The van der Waals surface area contributed by atoms with E-state index in [-0.39, 0.29) is 17.4 Å². The lowest BCUT2D eigenvalue weighted by molar-refractivity contribution is 0.0696. The predicted octanol–water partition coefficient (Wildman–Crippen LogP) is 7.13. The molecule has 4 aromatic rings. The third-order valence-electron chi connectivity index (χ3n) is 8.11. The zero-order valence-corrected chi connectivity index (χ0v) is 25.8. The van der Waals surface area contributed by atoms with Gasteiger partial charge < -0.3 is 14.8 Å². The summed E-state index contributed by atoms with van der Waals surface area (Å²) in [5.41, 5.74) is 4.12. The molecule has 1 aromatic heterocycles. The average Bonchev–Trinajstić information content (AvgIpc) is 3.78. The van der Waals surface area contributed by atoms with Crippen LogP contribution in [0.1, 0.15) is 82.7 Å². The van der Waals surface area contributed by atoms with Crippen molar-refractivity contribution in [2.45, 2.75) is 57.3 Å². The van der Waals surface area contributed by atoms with Gasteiger partial charge in [-0.2, -0.15) is 0 Å². The van der Waals surface area contributed by atoms with Crippen LogP contribution in [0.3, 0.4) is 0 Å². The number of hydrogen-bond donors (Lipinski definition) is 2. The second-order valence-electron chi connectivity index (χ2n) is 11.4. The van der Waals surface area contributed by atoms with E-state index < -0.39 is 21.8 Å². The molecule has 3 aromatic carbocycles. The number of carboxylic acid groups (broad SMARTS) is 1.